The standard InChI is InChI=1S/C31H30ClF2IN4O3/c1-30(2,3)13-23-31(19-9-8-17(32)12-22(19)38-29(31)42)24(18-6-4-5-16(14-35)25(18)34)26(39-23)28(41)37-21-10-7-15(27(36)40)11-20(21)33/h4-12,23-24,26,39H,13-14H2,1-3H3,(H2,36,40)(H,37,41)(H,38,42)/t23-,24-,26+,31+/m0/s1. The van der Waals surface area contributed by atoms with Crippen LogP contribution in [-0.4, -0.2) is 29.8 Å². The molecule has 0 aliphatic carbocycles. The van der Waals surface area contributed by atoms with Gasteiger partial charge in [-0.15, -0.1) is 0 Å². The molecule has 3 aromatic carbocycles. The maximum atomic E-state index is 16.2. The Hall–Kier alpha value is -3.09. The molecule has 220 valence electrons. The predicted octanol–water partition coefficient (Wildman–Crippen LogP) is 6.04. The molecule has 2 heterocycles. The number of alkyl halides is 1. The van der Waals surface area contributed by atoms with E-state index in [1.54, 1.807) is 36.4 Å². The number of carbonyl (C=O) groups is 3. The zero-order chi connectivity index (χ0) is 30.6. The number of hydrogen-bond acceptors (Lipinski definition) is 4. The van der Waals surface area contributed by atoms with E-state index < -0.39 is 46.9 Å². The number of amides is 3. The van der Waals surface area contributed by atoms with E-state index in [1.165, 1.54) is 12.1 Å². The third-order valence-electron chi connectivity index (χ3n) is 8.00. The Balaban J connectivity index is 1.71. The second-order valence-corrected chi connectivity index (χ2v) is 13.2. The normalized spacial score (nSPS) is 23.1. The minimum Gasteiger partial charge on any atom is -0.366 e. The van der Waals surface area contributed by atoms with Crippen molar-refractivity contribution in [2.45, 2.75) is 55.0 Å². The van der Waals surface area contributed by atoms with Crippen molar-refractivity contribution < 1.29 is 23.2 Å². The first kappa shape index (κ1) is 30.4. The molecule has 0 aromatic heterocycles. The van der Waals surface area contributed by atoms with Gasteiger partial charge in [-0.3, -0.25) is 14.4 Å². The molecule has 0 saturated carbocycles. The average molecular weight is 707 g/mol. The van der Waals surface area contributed by atoms with Gasteiger partial charge in [0, 0.05) is 32.7 Å². The van der Waals surface area contributed by atoms with E-state index in [0.29, 0.717) is 32.7 Å². The highest BCUT2D eigenvalue weighted by molar-refractivity contribution is 14.1. The largest absolute Gasteiger partial charge is 0.366 e. The molecule has 1 saturated heterocycles. The lowest BCUT2D eigenvalue weighted by atomic mass is 9.62. The topological polar surface area (TPSA) is 113 Å². The fraction of sp³-hybridized carbons (Fsp3) is 0.323. The molecule has 7 nitrogen and oxygen atoms in total. The van der Waals surface area contributed by atoms with Gasteiger partial charge in [0.15, 0.2) is 0 Å². The molecule has 1 spiro atoms. The molecule has 5 N–H and O–H groups in total. The summed E-state index contributed by atoms with van der Waals surface area (Å²) in [5.74, 6) is -4.21. The van der Waals surface area contributed by atoms with Gasteiger partial charge in [0.1, 0.15) is 17.0 Å². The number of primary amides is 1. The second kappa shape index (κ2) is 11.2. The summed E-state index contributed by atoms with van der Waals surface area (Å²) in [4.78, 5) is 39.8. The third kappa shape index (κ3) is 5.17. The number of fused-ring (bicyclic) bond motifs is 2. The number of nitrogens with one attached hydrogen (secondary N) is 3. The van der Waals surface area contributed by atoms with E-state index in [0.717, 1.165) is 6.07 Å². The highest BCUT2D eigenvalue weighted by Crippen LogP contribution is 2.57. The minimum atomic E-state index is -1.39. The van der Waals surface area contributed by atoms with Gasteiger partial charge in [-0.2, -0.15) is 0 Å². The van der Waals surface area contributed by atoms with Crippen molar-refractivity contribution in [3.63, 3.8) is 0 Å². The molecule has 1 fully saturated rings. The van der Waals surface area contributed by atoms with Crippen molar-refractivity contribution in [1.29, 1.82) is 0 Å². The smallest absolute Gasteiger partial charge is 0.248 e. The summed E-state index contributed by atoms with van der Waals surface area (Å²) in [6, 6.07) is 11.8. The van der Waals surface area contributed by atoms with Crippen LogP contribution in [-0.2, 0) is 19.4 Å². The first-order valence-corrected chi connectivity index (χ1v) is 15.3. The quantitative estimate of drug-likeness (QED) is 0.185. The van der Waals surface area contributed by atoms with Crippen LogP contribution in [0.3, 0.4) is 0 Å². The molecule has 0 bridgehead atoms. The molecule has 3 aromatic rings. The summed E-state index contributed by atoms with van der Waals surface area (Å²) in [5.41, 5.74) is 5.08. The Morgan fingerprint density at radius 3 is 2.50 bits per heavy atom. The van der Waals surface area contributed by atoms with E-state index in [4.69, 9.17) is 17.3 Å². The third-order valence-corrected chi connectivity index (χ3v) is 9.06. The van der Waals surface area contributed by atoms with Gasteiger partial charge in [0.2, 0.25) is 17.7 Å². The van der Waals surface area contributed by atoms with Crippen molar-refractivity contribution in [2.75, 3.05) is 10.6 Å². The zero-order valence-electron chi connectivity index (χ0n) is 23.2. The highest BCUT2D eigenvalue weighted by Gasteiger charge is 2.66. The lowest BCUT2D eigenvalue weighted by Gasteiger charge is -2.37. The van der Waals surface area contributed by atoms with Crippen molar-refractivity contribution in [3.8, 4) is 0 Å². The van der Waals surface area contributed by atoms with Gasteiger partial charge in [0.25, 0.3) is 0 Å². The van der Waals surface area contributed by atoms with Crippen molar-refractivity contribution in [1.82, 2.24) is 5.32 Å². The number of hydrogen-bond donors (Lipinski definition) is 4. The molecular weight excluding hydrogens is 677 g/mol. The van der Waals surface area contributed by atoms with Crippen LogP contribution in [0.25, 0.3) is 0 Å². The van der Waals surface area contributed by atoms with E-state index in [-0.39, 0.29) is 28.1 Å². The molecule has 2 aliphatic heterocycles. The van der Waals surface area contributed by atoms with Crippen LogP contribution in [0.5, 0.6) is 0 Å². The Morgan fingerprint density at radius 2 is 1.86 bits per heavy atom. The average Bonchev–Trinajstić information content (AvgIpc) is 3.38. The summed E-state index contributed by atoms with van der Waals surface area (Å²) >= 11 is 8.36. The number of nitrogens with two attached hydrogens (primary N) is 1. The number of halogens is 4. The molecule has 0 unspecified atom stereocenters. The minimum absolute atomic E-state index is 0.0536. The fourth-order valence-corrected chi connectivity index (χ4v) is 7.08. The fourth-order valence-electron chi connectivity index (χ4n) is 6.31. The van der Waals surface area contributed by atoms with Crippen molar-refractivity contribution in [3.05, 3.63) is 93.5 Å². The maximum absolute atomic E-state index is 16.2. The number of rotatable bonds is 6. The number of benzene rings is 3. The summed E-state index contributed by atoms with van der Waals surface area (Å²) in [6.07, 6.45) is 0.456. The van der Waals surface area contributed by atoms with Gasteiger partial charge in [-0.25, -0.2) is 8.78 Å². The predicted molar refractivity (Wildman–Crippen MR) is 167 cm³/mol. The molecule has 0 radical (unpaired) electrons. The summed E-state index contributed by atoms with van der Waals surface area (Å²) in [5, 5.41) is 9.34. The molecule has 5 rings (SSSR count). The molecule has 11 heteroatoms. The zero-order valence-corrected chi connectivity index (χ0v) is 26.1. The van der Waals surface area contributed by atoms with Crippen LogP contribution in [0.4, 0.5) is 20.2 Å². The lowest BCUT2D eigenvalue weighted by Crippen LogP contribution is -2.49. The van der Waals surface area contributed by atoms with Gasteiger partial charge in [0.05, 0.1) is 11.7 Å². The lowest BCUT2D eigenvalue weighted by molar-refractivity contribution is -0.122. The Kier molecular flexibility index (Phi) is 8.10. The monoisotopic (exact) mass is 706 g/mol. The van der Waals surface area contributed by atoms with Gasteiger partial charge < -0.3 is 21.7 Å². The van der Waals surface area contributed by atoms with Crippen LogP contribution >= 0.6 is 34.2 Å². The van der Waals surface area contributed by atoms with Gasteiger partial charge in [-0.05, 0) is 58.9 Å². The van der Waals surface area contributed by atoms with Crippen LogP contribution in [0, 0.1) is 17.0 Å². The maximum Gasteiger partial charge on any atom is 0.248 e. The first-order chi connectivity index (χ1) is 19.8. The Bertz CT molecular complexity index is 1610. The molecular formula is C31H30ClF2IN4O3. The number of anilines is 2. The van der Waals surface area contributed by atoms with Crippen LogP contribution in [0.15, 0.2) is 54.6 Å². The van der Waals surface area contributed by atoms with Crippen LogP contribution < -0.4 is 21.7 Å². The van der Waals surface area contributed by atoms with Crippen LogP contribution in [0.2, 0.25) is 5.02 Å². The highest BCUT2D eigenvalue weighted by atomic mass is 127. The second-order valence-electron chi connectivity index (χ2n) is 12.0. The van der Waals surface area contributed by atoms with Gasteiger partial charge >= 0.3 is 0 Å². The van der Waals surface area contributed by atoms with E-state index in [2.05, 4.69) is 38.5 Å². The molecule has 4 atom stereocenters. The van der Waals surface area contributed by atoms with E-state index in [9.17, 15) is 18.8 Å². The summed E-state index contributed by atoms with van der Waals surface area (Å²) in [7, 11) is 0. The summed E-state index contributed by atoms with van der Waals surface area (Å²) in [6.45, 7) is 6.06. The molecule has 2 aliphatic rings. The molecule has 42 heavy (non-hydrogen) atoms. The van der Waals surface area contributed by atoms with E-state index >= 15 is 4.39 Å². The SMILES string of the molecule is CC(C)(C)C[C@@H]1N[C@@H](C(=O)Nc2ccc(C(N)=O)cc2F)[C@H](c2cccc(CI)c2F)[C@]12C(=O)Nc1cc(Cl)ccc12. The van der Waals surface area contributed by atoms with Crippen LogP contribution in [0.1, 0.15) is 60.2 Å². The van der Waals surface area contributed by atoms with E-state index in [1.807, 2.05) is 20.8 Å². The first-order valence-electron chi connectivity index (χ1n) is 13.4. The van der Waals surface area contributed by atoms with Crippen molar-refractivity contribution in [2.24, 2.45) is 11.1 Å². The summed E-state index contributed by atoms with van der Waals surface area (Å²) < 4.78 is 31.5. The van der Waals surface area contributed by atoms with Gasteiger partial charge in [-0.1, -0.05) is 79.2 Å². The Morgan fingerprint density at radius 1 is 1.12 bits per heavy atom. The number of carbonyl (C=O) groups excluding carboxylic acids is 3. The Labute approximate surface area is 261 Å². The van der Waals surface area contributed by atoms with Crippen molar-refractivity contribution >= 4 is 63.3 Å². The molecule has 3 amide bonds.